The smallest absolute Gasteiger partial charge is 0.115 e. The lowest BCUT2D eigenvalue weighted by molar-refractivity contribution is 0.565. The van der Waals surface area contributed by atoms with Crippen molar-refractivity contribution in [2.45, 2.75) is 52.4 Å². The Bertz CT molecular complexity index is 863. The summed E-state index contributed by atoms with van der Waals surface area (Å²) >= 11 is 6.06. The van der Waals surface area contributed by atoms with Crippen molar-refractivity contribution in [3.05, 3.63) is 52.5 Å². The van der Waals surface area contributed by atoms with Gasteiger partial charge in [0.05, 0.1) is 5.69 Å². The molecule has 1 aromatic heterocycles. The van der Waals surface area contributed by atoms with E-state index >= 15 is 0 Å². The maximum absolute atomic E-state index is 6.06. The van der Waals surface area contributed by atoms with Crippen LogP contribution in [-0.2, 0) is 10.8 Å². The van der Waals surface area contributed by atoms with Crippen LogP contribution in [0.25, 0.3) is 16.7 Å². The fourth-order valence-electron chi connectivity index (χ4n) is 2.49. The molecule has 0 saturated heterocycles. The van der Waals surface area contributed by atoms with Gasteiger partial charge < -0.3 is 0 Å². The van der Waals surface area contributed by atoms with Crippen LogP contribution in [-0.4, -0.2) is 15.0 Å². The highest BCUT2D eigenvalue weighted by Crippen LogP contribution is 2.31. The van der Waals surface area contributed by atoms with Crippen molar-refractivity contribution in [1.29, 1.82) is 0 Å². The van der Waals surface area contributed by atoms with Gasteiger partial charge >= 0.3 is 0 Å². The Morgan fingerprint density at radius 2 is 1.54 bits per heavy atom. The number of benzene rings is 2. The minimum absolute atomic E-state index is 0.00585. The quantitative estimate of drug-likeness (QED) is 0.588. The second kappa shape index (κ2) is 5.59. The van der Waals surface area contributed by atoms with Crippen LogP contribution in [0.1, 0.15) is 52.7 Å². The first-order valence-electron chi connectivity index (χ1n) is 8.15. The second-order valence-electron chi connectivity index (χ2n) is 8.29. The number of rotatable bonds is 1. The van der Waals surface area contributed by atoms with E-state index in [0.29, 0.717) is 5.02 Å². The summed E-state index contributed by atoms with van der Waals surface area (Å²) in [5.41, 5.74) is 4.93. The summed E-state index contributed by atoms with van der Waals surface area (Å²) in [6.45, 7) is 13.2. The van der Waals surface area contributed by atoms with Crippen molar-refractivity contribution in [1.82, 2.24) is 15.0 Å². The van der Waals surface area contributed by atoms with Gasteiger partial charge in [-0.1, -0.05) is 59.2 Å². The molecule has 125 valence electrons. The lowest BCUT2D eigenvalue weighted by Gasteiger charge is -2.25. The van der Waals surface area contributed by atoms with Crippen LogP contribution in [0.5, 0.6) is 0 Å². The molecule has 2 aromatic carbocycles. The van der Waals surface area contributed by atoms with Crippen LogP contribution in [0.4, 0.5) is 0 Å². The van der Waals surface area contributed by atoms with E-state index in [1.807, 2.05) is 18.2 Å². The number of hydrogen-bond donors (Lipinski definition) is 0. The molecule has 0 N–H and O–H groups in total. The summed E-state index contributed by atoms with van der Waals surface area (Å²) in [6.07, 6.45) is 0. The average Bonchev–Trinajstić information content (AvgIpc) is 2.88. The minimum Gasteiger partial charge on any atom is -0.150 e. The third-order valence-electron chi connectivity index (χ3n) is 4.09. The standard InChI is InChI=1S/C20H23ClN3/c1-19(2,3)13-9-14(20(4,5)6)11-16(10-13)24-22-17-8-7-15(21)12-18(17)23-24/h7-10,12H,1-6H3. The van der Waals surface area contributed by atoms with Crippen molar-refractivity contribution in [3.63, 3.8) is 0 Å². The first-order valence-corrected chi connectivity index (χ1v) is 8.53. The molecule has 0 aliphatic heterocycles. The Morgan fingerprint density at radius 3 is 2.17 bits per heavy atom. The molecule has 1 heterocycles. The maximum Gasteiger partial charge on any atom is 0.115 e. The zero-order valence-corrected chi connectivity index (χ0v) is 15.9. The Kier molecular flexibility index (Phi) is 3.95. The number of aromatic nitrogens is 3. The van der Waals surface area contributed by atoms with Crippen molar-refractivity contribution < 1.29 is 0 Å². The molecule has 0 fully saturated rings. The third kappa shape index (κ3) is 3.32. The predicted octanol–water partition coefficient (Wildman–Crippen LogP) is 5.47. The first kappa shape index (κ1) is 17.0. The summed E-state index contributed by atoms with van der Waals surface area (Å²) in [5.74, 6) is 0. The molecule has 3 rings (SSSR count). The van der Waals surface area contributed by atoms with Crippen molar-refractivity contribution in [2.75, 3.05) is 0 Å². The van der Waals surface area contributed by atoms with Gasteiger partial charge in [-0.05, 0) is 46.2 Å². The molecule has 0 saturated carbocycles. The molecule has 4 heteroatoms. The summed E-state index contributed by atoms with van der Waals surface area (Å²) in [5, 5.41) is 9.83. The van der Waals surface area contributed by atoms with Crippen molar-refractivity contribution in [2.24, 2.45) is 0 Å². The molecular weight excluding hydrogens is 318 g/mol. The van der Waals surface area contributed by atoms with Crippen molar-refractivity contribution >= 4 is 22.6 Å². The van der Waals surface area contributed by atoms with Gasteiger partial charge in [0.25, 0.3) is 0 Å². The molecular formula is C20H23ClN3. The number of nitrogens with zero attached hydrogens (tertiary/aromatic N) is 3. The Morgan fingerprint density at radius 1 is 0.875 bits per heavy atom. The molecule has 3 aromatic rings. The monoisotopic (exact) mass is 340 g/mol. The van der Waals surface area contributed by atoms with E-state index in [4.69, 9.17) is 11.6 Å². The highest BCUT2D eigenvalue weighted by molar-refractivity contribution is 6.31. The van der Waals surface area contributed by atoms with Crippen molar-refractivity contribution in [3.8, 4) is 5.69 Å². The topological polar surface area (TPSA) is 30.7 Å². The molecule has 0 amide bonds. The van der Waals surface area contributed by atoms with Gasteiger partial charge in [-0.25, -0.2) is 0 Å². The van der Waals surface area contributed by atoms with Gasteiger partial charge in [0.15, 0.2) is 0 Å². The van der Waals surface area contributed by atoms with E-state index in [1.54, 1.807) is 4.80 Å². The number of halogens is 1. The molecule has 0 spiro atoms. The normalized spacial score (nSPS) is 12.8. The van der Waals surface area contributed by atoms with E-state index in [9.17, 15) is 0 Å². The molecule has 24 heavy (non-hydrogen) atoms. The van der Waals surface area contributed by atoms with E-state index < -0.39 is 0 Å². The van der Waals surface area contributed by atoms with Gasteiger partial charge in [-0.15, -0.1) is 15.0 Å². The third-order valence-corrected chi connectivity index (χ3v) is 4.32. The van der Waals surface area contributed by atoms with Gasteiger partial charge in [-0.3, -0.25) is 0 Å². The first-order chi connectivity index (χ1) is 11.0. The van der Waals surface area contributed by atoms with E-state index in [-0.39, 0.29) is 10.8 Å². The van der Waals surface area contributed by atoms with Gasteiger partial charge in [0.1, 0.15) is 11.0 Å². The Balaban J connectivity index is 2.21. The van der Waals surface area contributed by atoms with Gasteiger partial charge in [-0.2, -0.15) is 0 Å². The SMILES string of the molecule is CC(C)(C)c1[c]c(-n2nc3ccc(Cl)cc3n2)cc(C(C)(C)C)c1. The maximum atomic E-state index is 6.06. The van der Waals surface area contributed by atoms with Crippen LogP contribution >= 0.6 is 11.6 Å². The van der Waals surface area contributed by atoms with E-state index in [2.05, 4.69) is 69.9 Å². The summed E-state index contributed by atoms with van der Waals surface area (Å²) in [4.78, 5) is 1.66. The highest BCUT2D eigenvalue weighted by atomic mass is 35.5. The molecule has 0 bridgehead atoms. The van der Waals surface area contributed by atoms with Crippen LogP contribution in [0.2, 0.25) is 5.02 Å². The Labute approximate surface area is 148 Å². The number of hydrogen-bond acceptors (Lipinski definition) is 2. The molecule has 0 aliphatic rings. The molecule has 0 aliphatic carbocycles. The molecule has 0 atom stereocenters. The van der Waals surface area contributed by atoms with E-state index in [0.717, 1.165) is 22.3 Å². The summed E-state index contributed by atoms with van der Waals surface area (Å²) < 4.78 is 0. The molecule has 1 radical (unpaired) electrons. The zero-order chi connectivity index (χ0) is 17.7. The number of fused-ring (bicyclic) bond motifs is 1. The van der Waals surface area contributed by atoms with E-state index in [1.165, 1.54) is 5.56 Å². The van der Waals surface area contributed by atoms with Gasteiger partial charge in [0, 0.05) is 11.1 Å². The molecule has 3 nitrogen and oxygen atoms in total. The largest absolute Gasteiger partial charge is 0.150 e. The highest BCUT2D eigenvalue weighted by Gasteiger charge is 2.22. The second-order valence-corrected chi connectivity index (χ2v) is 8.73. The zero-order valence-electron chi connectivity index (χ0n) is 15.1. The average molecular weight is 341 g/mol. The fraction of sp³-hybridized carbons (Fsp3) is 0.400. The molecule has 0 unspecified atom stereocenters. The van der Waals surface area contributed by atoms with Crippen LogP contribution < -0.4 is 0 Å². The summed E-state index contributed by atoms with van der Waals surface area (Å²) in [6, 6.07) is 13.4. The lowest BCUT2D eigenvalue weighted by Crippen LogP contribution is -2.18. The lowest BCUT2D eigenvalue weighted by atomic mass is 9.80. The Hall–Kier alpha value is -1.87. The van der Waals surface area contributed by atoms with Crippen LogP contribution in [0.15, 0.2) is 30.3 Å². The van der Waals surface area contributed by atoms with Crippen LogP contribution in [0, 0.1) is 6.07 Å². The van der Waals surface area contributed by atoms with Gasteiger partial charge in [0.2, 0.25) is 0 Å². The fourth-order valence-corrected chi connectivity index (χ4v) is 2.66. The predicted molar refractivity (Wildman–Crippen MR) is 100 cm³/mol. The minimum atomic E-state index is 0.00585. The summed E-state index contributed by atoms with van der Waals surface area (Å²) in [7, 11) is 0. The van der Waals surface area contributed by atoms with Crippen LogP contribution in [0.3, 0.4) is 0 Å².